The van der Waals surface area contributed by atoms with Crippen molar-refractivity contribution in [3.8, 4) is 30.9 Å². The van der Waals surface area contributed by atoms with Crippen molar-refractivity contribution in [1.82, 2.24) is 9.13 Å². The molecule has 6 rings (SSSR count). The van der Waals surface area contributed by atoms with Crippen LogP contribution in [0.15, 0.2) is 60.0 Å². The molecule has 0 N–H and O–H groups in total. The van der Waals surface area contributed by atoms with Crippen LogP contribution in [0.2, 0.25) is 0 Å². The molecule has 0 atom stereocenters. The third kappa shape index (κ3) is 4.15. The molecule has 0 bridgehead atoms. The molecule has 0 radical (unpaired) electrons. The Morgan fingerprint density at radius 2 is 0.947 bits per heavy atom. The summed E-state index contributed by atoms with van der Waals surface area (Å²) in [6.07, 6.45) is 0.893. The van der Waals surface area contributed by atoms with Crippen molar-refractivity contribution in [2.24, 2.45) is 14.1 Å². The molecule has 4 aromatic rings. The van der Waals surface area contributed by atoms with Gasteiger partial charge in [-0.15, -0.1) is 22.7 Å². The average Bonchev–Trinajstić information content (AvgIpc) is 3.69. The number of ether oxygens (including phenoxy) is 4. The van der Waals surface area contributed by atoms with Crippen molar-refractivity contribution in [1.29, 1.82) is 0 Å². The van der Waals surface area contributed by atoms with Crippen LogP contribution in [0.1, 0.15) is 11.4 Å². The summed E-state index contributed by atoms with van der Waals surface area (Å²) in [5, 5.41) is 0. The smallest absolute Gasteiger partial charge is 0.387 e. The second kappa shape index (κ2) is 9.01. The minimum absolute atomic E-state index is 0.148. The molecule has 2 fully saturated rings. The van der Waals surface area contributed by atoms with Crippen LogP contribution in [-0.4, -0.2) is 33.4 Å². The van der Waals surface area contributed by atoms with E-state index in [-0.39, 0.29) is 11.5 Å². The van der Waals surface area contributed by atoms with Gasteiger partial charge in [-0.2, -0.15) is 0 Å². The van der Waals surface area contributed by atoms with E-state index in [1.807, 2.05) is 59.6 Å². The van der Waals surface area contributed by atoms with E-state index < -0.39 is 24.2 Å². The van der Waals surface area contributed by atoms with Crippen LogP contribution in [0.5, 0.6) is 0 Å². The van der Waals surface area contributed by atoms with Crippen LogP contribution in [0.4, 0.5) is 9.59 Å². The van der Waals surface area contributed by atoms with Crippen molar-refractivity contribution in [3.05, 3.63) is 71.4 Å². The van der Waals surface area contributed by atoms with E-state index in [0.717, 1.165) is 30.9 Å². The maximum atomic E-state index is 11.7. The Labute approximate surface area is 222 Å². The van der Waals surface area contributed by atoms with E-state index in [1.54, 1.807) is 22.7 Å². The summed E-state index contributed by atoms with van der Waals surface area (Å²) in [6, 6.07) is 15.7. The van der Waals surface area contributed by atoms with Crippen LogP contribution < -0.4 is 0 Å². The van der Waals surface area contributed by atoms with Gasteiger partial charge in [0, 0.05) is 47.4 Å². The number of aromatic nitrogens is 2. The predicted molar refractivity (Wildman–Crippen MR) is 138 cm³/mol. The first-order chi connectivity index (χ1) is 18.3. The lowest BCUT2D eigenvalue weighted by Gasteiger charge is -2.03. The van der Waals surface area contributed by atoms with Gasteiger partial charge >= 0.3 is 24.2 Å². The summed E-state index contributed by atoms with van der Waals surface area (Å²) in [6.45, 7) is 0. The highest BCUT2D eigenvalue weighted by Gasteiger charge is 2.31. The number of thiophene rings is 2. The molecule has 6 heterocycles. The zero-order chi connectivity index (χ0) is 26.6. The van der Waals surface area contributed by atoms with Gasteiger partial charge in [0.05, 0.1) is 21.1 Å². The second-order valence-corrected chi connectivity index (χ2v) is 10.4. The molecule has 2 aliphatic rings. The van der Waals surface area contributed by atoms with Gasteiger partial charge in [0.15, 0.2) is 0 Å². The van der Waals surface area contributed by atoms with Gasteiger partial charge < -0.3 is 28.1 Å². The first-order valence-corrected chi connectivity index (χ1v) is 12.7. The van der Waals surface area contributed by atoms with E-state index in [9.17, 15) is 19.2 Å². The van der Waals surface area contributed by atoms with Crippen LogP contribution in [-0.2, 0) is 42.6 Å². The van der Waals surface area contributed by atoms with Gasteiger partial charge in [-0.25, -0.2) is 19.2 Å². The van der Waals surface area contributed by atoms with Crippen molar-refractivity contribution in [2.45, 2.75) is 0 Å². The summed E-state index contributed by atoms with van der Waals surface area (Å²) >= 11 is 3.25. The van der Waals surface area contributed by atoms with E-state index in [2.05, 4.69) is 21.6 Å². The number of hydrogen-bond acceptors (Lipinski definition) is 10. The third-order valence-corrected chi connectivity index (χ3v) is 8.39. The van der Waals surface area contributed by atoms with E-state index in [0.29, 0.717) is 11.4 Å². The van der Waals surface area contributed by atoms with Crippen LogP contribution in [0.25, 0.3) is 43.0 Å². The molecule has 0 aromatic carbocycles. The molecule has 0 spiro atoms. The molecule has 4 aromatic heterocycles. The SMILES string of the molecule is Cn1c(/C=C2\OC(=O)OC2=O)ccc1-c1ccc(-c2ccc(-c3ccc(/C=C4\OC(=O)OC4=O)n3C)s2)s1. The number of nitrogens with zero attached hydrogens (tertiary/aromatic N) is 2. The van der Waals surface area contributed by atoms with Gasteiger partial charge in [0.1, 0.15) is 0 Å². The van der Waals surface area contributed by atoms with Crippen molar-refractivity contribution in [3.63, 3.8) is 0 Å². The molecule has 2 aliphatic heterocycles. The fraction of sp³-hybridized carbons (Fsp3) is 0.0769. The van der Waals surface area contributed by atoms with Crippen LogP contribution in [0.3, 0.4) is 0 Å². The summed E-state index contributed by atoms with van der Waals surface area (Å²) < 4.78 is 22.2. The summed E-state index contributed by atoms with van der Waals surface area (Å²) in [4.78, 5) is 49.9. The highest BCUT2D eigenvalue weighted by molar-refractivity contribution is 7.25. The standard InChI is InChI=1S/C26H16N2O8S2/c1-27-13(11-17-23(29)35-25(31)33-17)3-5-15(27)19-7-9-21(37-19)22-10-8-20(38-22)16-6-4-14(28(16)2)12-18-24(30)36-26(32)34-18/h3-12H,1-2H3/b17-11-,18-12-. The molecular formula is C26H16N2O8S2. The number of esters is 2. The highest BCUT2D eigenvalue weighted by atomic mass is 32.1. The van der Waals surface area contributed by atoms with Crippen LogP contribution in [0, 0.1) is 0 Å². The molecule has 0 unspecified atom stereocenters. The Morgan fingerprint density at radius 3 is 1.32 bits per heavy atom. The minimum Gasteiger partial charge on any atom is -0.387 e. The molecule has 0 amide bonds. The quantitative estimate of drug-likeness (QED) is 0.181. The first-order valence-electron chi connectivity index (χ1n) is 11.1. The molecule has 190 valence electrons. The molecule has 12 heteroatoms. The average molecular weight is 549 g/mol. The first kappa shape index (κ1) is 23.7. The number of carbonyl (C=O) groups is 4. The van der Waals surface area contributed by atoms with Gasteiger partial charge in [0.2, 0.25) is 11.5 Å². The lowest BCUT2D eigenvalue weighted by Crippen LogP contribution is -1.98. The van der Waals surface area contributed by atoms with Crippen molar-refractivity contribution >= 4 is 59.1 Å². The Hall–Kier alpha value is -4.68. The Morgan fingerprint density at radius 1 is 0.553 bits per heavy atom. The highest BCUT2D eigenvalue weighted by Crippen LogP contribution is 2.41. The van der Waals surface area contributed by atoms with Crippen molar-refractivity contribution in [2.75, 3.05) is 0 Å². The van der Waals surface area contributed by atoms with E-state index in [1.165, 1.54) is 12.2 Å². The fourth-order valence-electron chi connectivity index (χ4n) is 4.06. The third-order valence-electron chi connectivity index (χ3n) is 5.98. The van der Waals surface area contributed by atoms with E-state index in [4.69, 9.17) is 9.47 Å². The van der Waals surface area contributed by atoms with Crippen LogP contribution >= 0.6 is 22.7 Å². The number of hydrogen-bond donors (Lipinski definition) is 0. The zero-order valence-electron chi connectivity index (χ0n) is 19.8. The van der Waals surface area contributed by atoms with Gasteiger partial charge in [0.25, 0.3) is 0 Å². The predicted octanol–water partition coefficient (Wildman–Crippen LogP) is 5.56. The monoisotopic (exact) mass is 548 g/mol. The fourth-order valence-corrected chi connectivity index (χ4v) is 6.28. The van der Waals surface area contributed by atoms with Gasteiger partial charge in [-0.05, 0) is 48.5 Å². The van der Waals surface area contributed by atoms with Crippen molar-refractivity contribution < 1.29 is 38.1 Å². The normalized spacial score (nSPS) is 17.3. The summed E-state index contributed by atoms with van der Waals surface area (Å²) in [5.74, 6) is -1.91. The molecule has 0 saturated carbocycles. The molecule has 38 heavy (non-hydrogen) atoms. The van der Waals surface area contributed by atoms with Gasteiger partial charge in [-0.3, -0.25) is 0 Å². The Bertz CT molecular complexity index is 1600. The molecule has 2 saturated heterocycles. The molecule has 10 nitrogen and oxygen atoms in total. The number of cyclic esters (lactones) is 6. The lowest BCUT2D eigenvalue weighted by molar-refractivity contribution is -0.131. The maximum Gasteiger partial charge on any atom is 0.522 e. The second-order valence-electron chi connectivity index (χ2n) is 8.23. The maximum absolute atomic E-state index is 11.7. The summed E-state index contributed by atoms with van der Waals surface area (Å²) in [5.41, 5.74) is 3.25. The lowest BCUT2D eigenvalue weighted by atomic mass is 10.3. The minimum atomic E-state index is -1.03. The number of rotatable bonds is 5. The van der Waals surface area contributed by atoms with Gasteiger partial charge in [-0.1, -0.05) is 0 Å². The largest absolute Gasteiger partial charge is 0.522 e. The number of carbonyl (C=O) groups excluding carboxylic acids is 4. The topological polar surface area (TPSA) is 115 Å². The summed E-state index contributed by atoms with van der Waals surface area (Å²) in [7, 11) is 3.72. The molecular weight excluding hydrogens is 532 g/mol. The van der Waals surface area contributed by atoms with E-state index >= 15 is 0 Å². The Balaban J connectivity index is 1.24. The Kier molecular flexibility index (Phi) is 5.62. The molecule has 0 aliphatic carbocycles. The zero-order valence-corrected chi connectivity index (χ0v) is 21.4.